The number of aliphatic hydroxyl groups is 1. The Balaban J connectivity index is -0.000000256. The molecule has 0 aliphatic carbocycles. The SMILES string of the molecule is CCOC(=O)CC(C)=O.CCOC(=O)C[C@H](C)O.[HH]. The first-order valence-electron chi connectivity index (χ1n) is 5.82. The number of hydrogen-bond acceptors (Lipinski definition) is 6. The van der Waals surface area contributed by atoms with E-state index in [9.17, 15) is 14.4 Å². The summed E-state index contributed by atoms with van der Waals surface area (Å²) in [5.41, 5.74) is 0. The summed E-state index contributed by atoms with van der Waals surface area (Å²) in [7, 11) is 0. The van der Waals surface area contributed by atoms with Gasteiger partial charge >= 0.3 is 11.9 Å². The Morgan fingerprint density at radius 3 is 1.89 bits per heavy atom. The van der Waals surface area contributed by atoms with Crippen molar-refractivity contribution in [3.63, 3.8) is 0 Å². The highest BCUT2D eigenvalue weighted by Gasteiger charge is 2.04. The predicted octanol–water partition coefficient (Wildman–Crippen LogP) is 1.09. The fourth-order valence-corrected chi connectivity index (χ4v) is 0.876. The van der Waals surface area contributed by atoms with Crippen LogP contribution < -0.4 is 0 Å². The molecule has 0 aliphatic heterocycles. The molecule has 0 amide bonds. The summed E-state index contributed by atoms with van der Waals surface area (Å²) in [5, 5.41) is 8.65. The third-order valence-electron chi connectivity index (χ3n) is 1.47. The molecule has 1 atom stereocenters. The molecule has 0 heterocycles. The van der Waals surface area contributed by atoms with Crippen molar-refractivity contribution in [2.24, 2.45) is 0 Å². The van der Waals surface area contributed by atoms with E-state index < -0.39 is 12.1 Å². The van der Waals surface area contributed by atoms with Gasteiger partial charge in [0.1, 0.15) is 12.2 Å². The van der Waals surface area contributed by atoms with Crippen LogP contribution in [0.2, 0.25) is 0 Å². The highest BCUT2D eigenvalue weighted by Crippen LogP contribution is 1.91. The average molecular weight is 264 g/mol. The van der Waals surface area contributed by atoms with Crippen LogP contribution in [0.25, 0.3) is 0 Å². The van der Waals surface area contributed by atoms with Crippen LogP contribution in [0.5, 0.6) is 0 Å². The molecule has 0 aromatic heterocycles. The van der Waals surface area contributed by atoms with Crippen LogP contribution in [0.1, 0.15) is 42.0 Å². The van der Waals surface area contributed by atoms with E-state index in [0.717, 1.165) is 0 Å². The maximum atomic E-state index is 10.5. The summed E-state index contributed by atoms with van der Waals surface area (Å²) in [4.78, 5) is 31.1. The van der Waals surface area contributed by atoms with E-state index in [1.54, 1.807) is 20.8 Å². The zero-order valence-corrected chi connectivity index (χ0v) is 11.4. The van der Waals surface area contributed by atoms with Gasteiger partial charge in [-0.25, -0.2) is 0 Å². The fourth-order valence-electron chi connectivity index (χ4n) is 0.876. The third-order valence-corrected chi connectivity index (χ3v) is 1.47. The van der Waals surface area contributed by atoms with Crippen LogP contribution in [0.3, 0.4) is 0 Å². The van der Waals surface area contributed by atoms with E-state index in [0.29, 0.717) is 13.2 Å². The molecule has 0 bridgehead atoms. The topological polar surface area (TPSA) is 89.9 Å². The molecule has 1 N–H and O–H groups in total. The van der Waals surface area contributed by atoms with Crippen LogP contribution in [0.4, 0.5) is 0 Å². The van der Waals surface area contributed by atoms with Gasteiger partial charge in [-0.3, -0.25) is 14.4 Å². The van der Waals surface area contributed by atoms with E-state index in [4.69, 9.17) is 5.11 Å². The minimum atomic E-state index is -0.593. The van der Waals surface area contributed by atoms with Crippen LogP contribution >= 0.6 is 0 Å². The van der Waals surface area contributed by atoms with Crippen molar-refractivity contribution in [3.8, 4) is 0 Å². The zero-order chi connectivity index (χ0) is 14.6. The van der Waals surface area contributed by atoms with Gasteiger partial charge in [-0.15, -0.1) is 0 Å². The summed E-state index contributed by atoms with van der Waals surface area (Å²) in [5.74, 6) is -0.939. The molecule has 0 aromatic carbocycles. The Morgan fingerprint density at radius 1 is 1.11 bits per heavy atom. The molecule has 0 rings (SSSR count). The number of rotatable bonds is 6. The van der Waals surface area contributed by atoms with Crippen molar-refractivity contribution >= 4 is 17.7 Å². The van der Waals surface area contributed by atoms with Crippen molar-refractivity contribution in [2.45, 2.75) is 46.6 Å². The second-order valence-corrected chi connectivity index (χ2v) is 3.54. The van der Waals surface area contributed by atoms with Crippen molar-refractivity contribution in [3.05, 3.63) is 0 Å². The molecule has 0 aliphatic rings. The molecule has 0 saturated carbocycles. The zero-order valence-electron chi connectivity index (χ0n) is 11.4. The number of Topliss-reactive ketones (excluding diaryl/α,β-unsaturated/α-hetero) is 1. The summed E-state index contributed by atoms with van der Waals surface area (Å²) >= 11 is 0. The van der Waals surface area contributed by atoms with Crippen molar-refractivity contribution < 1.29 is 30.4 Å². The van der Waals surface area contributed by atoms with Gasteiger partial charge in [-0.2, -0.15) is 0 Å². The van der Waals surface area contributed by atoms with Crippen LogP contribution in [0.15, 0.2) is 0 Å². The molecule has 0 aromatic rings. The van der Waals surface area contributed by atoms with E-state index in [1.807, 2.05) is 0 Å². The van der Waals surface area contributed by atoms with E-state index in [1.165, 1.54) is 6.92 Å². The standard InChI is InChI=1S/C6H12O3.C6H10O3.H2/c2*1-3-9-6(8)4-5(2)7;/h5,7H,3-4H2,1-2H3;3-4H2,1-2H3;1H/t5-;;/m0../s1. The molecule has 0 unspecified atom stereocenters. The summed E-state index contributed by atoms with van der Waals surface area (Å²) in [6.07, 6.45) is -0.606. The van der Waals surface area contributed by atoms with Crippen LogP contribution in [-0.2, 0) is 23.9 Å². The van der Waals surface area contributed by atoms with Crippen molar-refractivity contribution in [1.29, 1.82) is 0 Å². The summed E-state index contributed by atoms with van der Waals surface area (Å²) in [6.45, 7) is 7.07. The van der Waals surface area contributed by atoms with Gasteiger partial charge in [0.05, 0.1) is 25.7 Å². The van der Waals surface area contributed by atoms with E-state index >= 15 is 0 Å². The van der Waals surface area contributed by atoms with Gasteiger partial charge in [0, 0.05) is 1.43 Å². The fraction of sp³-hybridized carbons (Fsp3) is 0.750. The molecule has 0 saturated heterocycles. The minimum absolute atomic E-state index is 0. The van der Waals surface area contributed by atoms with Crippen LogP contribution in [-0.4, -0.2) is 42.1 Å². The number of carbonyl (C=O) groups is 3. The lowest BCUT2D eigenvalue weighted by Gasteiger charge is -2.01. The van der Waals surface area contributed by atoms with Gasteiger partial charge in [-0.05, 0) is 27.7 Å². The molecule has 6 heteroatoms. The highest BCUT2D eigenvalue weighted by atomic mass is 16.5. The highest BCUT2D eigenvalue weighted by molar-refractivity contribution is 5.94. The largest absolute Gasteiger partial charge is 0.466 e. The van der Waals surface area contributed by atoms with E-state index in [2.05, 4.69) is 9.47 Å². The second kappa shape index (κ2) is 12.0. The Hall–Kier alpha value is -1.43. The van der Waals surface area contributed by atoms with Gasteiger partial charge in [0.15, 0.2) is 0 Å². The first kappa shape index (κ1) is 18.9. The number of ether oxygens (including phenoxy) is 2. The molecule has 0 spiro atoms. The normalized spacial score (nSPS) is 10.7. The third kappa shape index (κ3) is 17.0. The number of hydrogen-bond donors (Lipinski definition) is 1. The average Bonchev–Trinajstić information content (AvgIpc) is 2.16. The molecule has 0 fully saturated rings. The minimum Gasteiger partial charge on any atom is -0.466 e. The van der Waals surface area contributed by atoms with Crippen molar-refractivity contribution in [1.82, 2.24) is 0 Å². The maximum Gasteiger partial charge on any atom is 0.313 e. The lowest BCUT2D eigenvalue weighted by atomic mass is 10.3. The lowest BCUT2D eigenvalue weighted by Crippen LogP contribution is -2.11. The number of esters is 2. The van der Waals surface area contributed by atoms with Crippen LogP contribution in [0, 0.1) is 0 Å². The molecular formula is C12H24O6. The van der Waals surface area contributed by atoms with Gasteiger partial charge in [0.2, 0.25) is 0 Å². The lowest BCUT2D eigenvalue weighted by molar-refractivity contribution is -0.146. The smallest absolute Gasteiger partial charge is 0.313 e. The number of carbonyl (C=O) groups excluding carboxylic acids is 3. The number of ketones is 1. The molecule has 0 radical (unpaired) electrons. The van der Waals surface area contributed by atoms with Gasteiger partial charge in [0.25, 0.3) is 0 Å². The molecule has 6 nitrogen and oxygen atoms in total. The number of aliphatic hydroxyl groups excluding tert-OH is 1. The van der Waals surface area contributed by atoms with Gasteiger partial charge < -0.3 is 14.6 Å². The Morgan fingerprint density at radius 2 is 1.56 bits per heavy atom. The van der Waals surface area contributed by atoms with E-state index in [-0.39, 0.29) is 26.0 Å². The Bertz CT molecular complexity index is 265. The Kier molecular flexibility index (Phi) is 12.7. The summed E-state index contributed by atoms with van der Waals surface area (Å²) in [6, 6.07) is 0. The van der Waals surface area contributed by atoms with Crippen molar-refractivity contribution in [2.75, 3.05) is 13.2 Å². The first-order valence-corrected chi connectivity index (χ1v) is 5.82. The maximum absolute atomic E-state index is 10.5. The first-order chi connectivity index (χ1) is 8.33. The van der Waals surface area contributed by atoms with Gasteiger partial charge in [-0.1, -0.05) is 0 Å². The molecule has 18 heavy (non-hydrogen) atoms. The molecular weight excluding hydrogens is 240 g/mol. The predicted molar refractivity (Wildman–Crippen MR) is 67.0 cm³/mol. The Labute approximate surface area is 109 Å². The second-order valence-electron chi connectivity index (χ2n) is 3.54. The summed E-state index contributed by atoms with van der Waals surface area (Å²) < 4.78 is 9.05. The quantitative estimate of drug-likeness (QED) is 0.570. The molecule has 108 valence electrons. The monoisotopic (exact) mass is 264 g/mol.